The fourth-order valence-electron chi connectivity index (χ4n) is 5.27. The monoisotopic (exact) mass is 630 g/mol. The zero-order valence-electron chi connectivity index (χ0n) is 21.0. The summed E-state index contributed by atoms with van der Waals surface area (Å²) in [5.74, 6) is -0.326. The second-order valence-electron chi connectivity index (χ2n) is 9.68. The number of hydrogen-bond acceptors (Lipinski definition) is 5. The lowest BCUT2D eigenvalue weighted by atomic mass is 9.74. The van der Waals surface area contributed by atoms with E-state index in [2.05, 4.69) is 19.9 Å². The van der Waals surface area contributed by atoms with E-state index in [1.807, 2.05) is 36.4 Å². The molecule has 212 valence electrons. The molecule has 3 aromatic rings. The number of hydrogen-bond donors (Lipinski definition) is 1. The molecule has 0 unspecified atom stereocenters. The highest BCUT2D eigenvalue weighted by molar-refractivity contribution is 7.15. The Morgan fingerprint density at radius 1 is 1.12 bits per heavy atom. The van der Waals surface area contributed by atoms with E-state index in [0.717, 1.165) is 10.4 Å². The maximum Gasteiger partial charge on any atom is 0.573 e. The van der Waals surface area contributed by atoms with Crippen molar-refractivity contribution in [3.8, 4) is 5.75 Å². The lowest BCUT2D eigenvalue weighted by Gasteiger charge is -2.40. The number of benzene rings is 2. The molecule has 1 fully saturated rings. The number of piperidine rings is 1. The molecule has 2 aliphatic rings. The Balaban J connectivity index is 1.36. The van der Waals surface area contributed by atoms with Crippen LogP contribution in [0.4, 0.5) is 23.7 Å². The van der Waals surface area contributed by atoms with Crippen molar-refractivity contribution >= 4 is 63.9 Å². The molecule has 0 radical (unpaired) electrons. The topological polar surface area (TPSA) is 57.7 Å². The fraction of sp³-hybridized carbons (Fsp3) is 0.333. The van der Waals surface area contributed by atoms with Gasteiger partial charge in [0.15, 0.2) is 4.47 Å². The number of nitrogens with one attached hydrogen (secondary N) is 1. The summed E-state index contributed by atoms with van der Waals surface area (Å²) in [6.07, 6.45) is 1.77. The minimum absolute atomic E-state index is 0.173. The maximum absolute atomic E-state index is 13.4. The third kappa shape index (κ3) is 6.52. The number of anilines is 1. The number of carbonyl (C=O) groups excluding carboxylic acids is 1. The van der Waals surface area contributed by atoms with Crippen LogP contribution in [0.2, 0.25) is 14.5 Å². The van der Waals surface area contributed by atoms with Gasteiger partial charge in [0.25, 0.3) is 0 Å². The molecule has 0 bridgehead atoms. The minimum atomic E-state index is -4.89. The molecule has 0 aliphatic carbocycles. The number of nitrogens with zero attached hydrogens (tertiary/aromatic N) is 3. The predicted molar refractivity (Wildman–Crippen MR) is 153 cm³/mol. The summed E-state index contributed by atoms with van der Waals surface area (Å²) >= 11 is 19.6. The number of rotatable bonds is 6. The van der Waals surface area contributed by atoms with Crippen molar-refractivity contribution in [2.75, 3.05) is 31.1 Å². The van der Waals surface area contributed by atoms with Gasteiger partial charge in [-0.15, -0.1) is 24.5 Å². The van der Waals surface area contributed by atoms with Gasteiger partial charge in [-0.1, -0.05) is 59.1 Å². The number of aromatic nitrogens is 1. The van der Waals surface area contributed by atoms with Gasteiger partial charge in [0, 0.05) is 40.2 Å². The fourth-order valence-corrected chi connectivity index (χ4v) is 6.58. The number of fused-ring (bicyclic) bond motifs is 2. The molecule has 5 rings (SSSR count). The molecular weight excluding hydrogens is 608 g/mol. The van der Waals surface area contributed by atoms with E-state index in [4.69, 9.17) is 34.8 Å². The first kappa shape index (κ1) is 29.0. The zero-order chi connectivity index (χ0) is 28.5. The number of alkyl halides is 3. The Bertz CT molecular complexity index is 1410. The van der Waals surface area contributed by atoms with Gasteiger partial charge in [0.1, 0.15) is 5.75 Å². The van der Waals surface area contributed by atoms with Crippen LogP contribution in [0.15, 0.2) is 48.7 Å². The number of likely N-dealkylation sites (tertiary alicyclic amines) is 1. The van der Waals surface area contributed by atoms with Crippen molar-refractivity contribution < 1.29 is 22.7 Å². The highest BCUT2D eigenvalue weighted by Gasteiger charge is 2.50. The van der Waals surface area contributed by atoms with Crippen molar-refractivity contribution in [3.63, 3.8) is 0 Å². The molecular formula is C27H24Cl3F3N4O2S. The molecule has 2 aromatic carbocycles. The Morgan fingerprint density at radius 3 is 2.50 bits per heavy atom. The summed E-state index contributed by atoms with van der Waals surface area (Å²) in [6, 6.07) is 9.59. The van der Waals surface area contributed by atoms with E-state index >= 15 is 0 Å². The second kappa shape index (κ2) is 11.8. The third-order valence-corrected chi connectivity index (χ3v) is 8.79. The van der Waals surface area contributed by atoms with E-state index in [0.29, 0.717) is 47.5 Å². The summed E-state index contributed by atoms with van der Waals surface area (Å²) in [6.45, 7) is 2.28. The molecule has 1 aromatic heterocycles. The minimum Gasteiger partial charge on any atom is -0.405 e. The lowest BCUT2D eigenvalue weighted by molar-refractivity contribution is -0.275. The summed E-state index contributed by atoms with van der Waals surface area (Å²) in [5, 5.41) is 3.67. The number of thiazole rings is 1. The predicted octanol–water partition coefficient (Wildman–Crippen LogP) is 7.78. The zero-order valence-corrected chi connectivity index (χ0v) is 24.1. The van der Waals surface area contributed by atoms with Gasteiger partial charge >= 0.3 is 12.4 Å². The summed E-state index contributed by atoms with van der Waals surface area (Å²) in [5.41, 5.74) is 0.847. The second-order valence-corrected chi connectivity index (χ2v) is 12.2. The first-order valence-electron chi connectivity index (χ1n) is 12.4. The number of urea groups is 1. The van der Waals surface area contributed by atoms with E-state index in [1.165, 1.54) is 28.4 Å². The van der Waals surface area contributed by atoms with Gasteiger partial charge in [0.2, 0.25) is 0 Å². The maximum atomic E-state index is 13.4. The Morgan fingerprint density at radius 2 is 1.85 bits per heavy atom. The quantitative estimate of drug-likeness (QED) is 0.302. The molecule has 13 heteroatoms. The van der Waals surface area contributed by atoms with Crippen molar-refractivity contribution in [1.82, 2.24) is 15.2 Å². The first-order valence-corrected chi connectivity index (χ1v) is 14.4. The van der Waals surface area contributed by atoms with Crippen molar-refractivity contribution in [2.45, 2.75) is 31.2 Å². The Labute approximate surface area is 248 Å². The molecule has 2 amide bonds. The van der Waals surface area contributed by atoms with Crippen LogP contribution in [0.5, 0.6) is 5.75 Å². The van der Waals surface area contributed by atoms with Gasteiger partial charge in [-0.2, -0.15) is 0 Å². The summed E-state index contributed by atoms with van der Waals surface area (Å²) in [4.78, 5) is 21.7. The standard InChI is InChI=1S/C27H24Cl3F3N4O2S/c28-18-5-3-17(4-6-18)2-1-11-36-12-9-26(10-13-36)16-37(25(38)35-15-19-14-34-24(30)40-19)23-20(29)7-8-21(22(23)26)39-27(31,32)33/h1-8,14H,9-13,15-16H2,(H,35,38)/b2-1+. The summed E-state index contributed by atoms with van der Waals surface area (Å²) < 4.78 is 45.0. The van der Waals surface area contributed by atoms with E-state index in [-0.39, 0.29) is 29.5 Å². The molecule has 1 N–H and O–H groups in total. The average molecular weight is 632 g/mol. The van der Waals surface area contributed by atoms with Gasteiger partial charge in [-0.05, 0) is 55.8 Å². The molecule has 40 heavy (non-hydrogen) atoms. The molecule has 6 nitrogen and oxygen atoms in total. The number of carbonyl (C=O) groups is 1. The van der Waals surface area contributed by atoms with Crippen LogP contribution in [0, 0.1) is 0 Å². The molecule has 1 spiro atoms. The number of halogens is 6. The van der Waals surface area contributed by atoms with Crippen LogP contribution in [0.25, 0.3) is 6.08 Å². The first-order chi connectivity index (χ1) is 19.0. The normalized spacial score (nSPS) is 17.0. The Hall–Kier alpha value is -2.50. The lowest BCUT2D eigenvalue weighted by Crippen LogP contribution is -2.47. The van der Waals surface area contributed by atoms with Gasteiger partial charge in [-0.3, -0.25) is 9.80 Å². The molecule has 1 saturated heterocycles. The molecule has 0 atom stereocenters. The largest absolute Gasteiger partial charge is 0.573 e. The van der Waals surface area contributed by atoms with Gasteiger partial charge in [0.05, 0.1) is 17.3 Å². The molecule has 2 aliphatic heterocycles. The Kier molecular flexibility index (Phi) is 8.54. The van der Waals surface area contributed by atoms with Crippen LogP contribution >= 0.6 is 46.1 Å². The molecule has 3 heterocycles. The van der Waals surface area contributed by atoms with Crippen molar-refractivity contribution in [3.05, 3.63) is 79.2 Å². The number of ether oxygens (including phenoxy) is 1. The average Bonchev–Trinajstić information content (AvgIpc) is 3.48. The van der Waals surface area contributed by atoms with E-state index in [9.17, 15) is 18.0 Å². The summed E-state index contributed by atoms with van der Waals surface area (Å²) in [7, 11) is 0. The van der Waals surface area contributed by atoms with Gasteiger partial charge in [-0.25, -0.2) is 9.78 Å². The highest BCUT2D eigenvalue weighted by Crippen LogP contribution is 2.54. The number of amides is 2. The SMILES string of the molecule is O=C(NCc1cnc(Cl)s1)N1CC2(CCN(C/C=C/c3ccc(Cl)cc3)CC2)c2c(OC(F)(F)F)ccc(Cl)c21. The van der Waals surface area contributed by atoms with Crippen LogP contribution in [0.3, 0.4) is 0 Å². The van der Waals surface area contributed by atoms with E-state index < -0.39 is 17.8 Å². The van der Waals surface area contributed by atoms with Crippen LogP contribution in [0.1, 0.15) is 28.8 Å². The van der Waals surface area contributed by atoms with Crippen LogP contribution < -0.4 is 15.0 Å². The van der Waals surface area contributed by atoms with E-state index in [1.54, 1.807) is 6.20 Å². The smallest absolute Gasteiger partial charge is 0.405 e. The third-order valence-electron chi connectivity index (χ3n) is 7.12. The van der Waals surface area contributed by atoms with Crippen molar-refractivity contribution in [1.29, 1.82) is 0 Å². The van der Waals surface area contributed by atoms with Crippen LogP contribution in [-0.4, -0.2) is 48.5 Å². The highest BCUT2D eigenvalue weighted by atomic mass is 35.5. The van der Waals surface area contributed by atoms with Gasteiger partial charge < -0.3 is 10.1 Å². The van der Waals surface area contributed by atoms with Crippen LogP contribution in [-0.2, 0) is 12.0 Å². The molecule has 0 saturated carbocycles. The van der Waals surface area contributed by atoms with Crippen molar-refractivity contribution in [2.24, 2.45) is 0 Å².